The van der Waals surface area contributed by atoms with Gasteiger partial charge in [-0.1, -0.05) is 24.5 Å². The Morgan fingerprint density at radius 1 is 1.27 bits per heavy atom. The second-order valence-electron chi connectivity index (χ2n) is 5.24. The van der Waals surface area contributed by atoms with Crippen LogP contribution in [0.1, 0.15) is 39.5 Å². The Morgan fingerprint density at radius 3 is 2.33 bits per heavy atom. The molecule has 2 heteroatoms. The van der Waals surface area contributed by atoms with Crippen molar-refractivity contribution in [3.8, 4) is 0 Å². The van der Waals surface area contributed by atoms with E-state index >= 15 is 0 Å². The van der Waals surface area contributed by atoms with Crippen molar-refractivity contribution in [1.82, 2.24) is 10.2 Å². The summed E-state index contributed by atoms with van der Waals surface area (Å²) in [5.74, 6) is 0. The maximum Gasteiger partial charge on any atom is 0.0328 e. The van der Waals surface area contributed by atoms with Crippen molar-refractivity contribution in [1.29, 1.82) is 0 Å². The van der Waals surface area contributed by atoms with E-state index in [9.17, 15) is 0 Å². The Morgan fingerprint density at radius 2 is 1.87 bits per heavy atom. The molecule has 0 bridgehead atoms. The lowest BCUT2D eigenvalue weighted by Crippen LogP contribution is -2.49. The van der Waals surface area contributed by atoms with E-state index in [0.29, 0.717) is 5.54 Å². The molecule has 0 amide bonds. The lowest BCUT2D eigenvalue weighted by atomic mass is 9.96. The van der Waals surface area contributed by atoms with Gasteiger partial charge in [0.25, 0.3) is 0 Å². The van der Waals surface area contributed by atoms with Gasteiger partial charge in [0.1, 0.15) is 0 Å². The van der Waals surface area contributed by atoms with E-state index in [0.717, 1.165) is 13.1 Å². The molecule has 1 aliphatic carbocycles. The molecule has 0 spiro atoms. The summed E-state index contributed by atoms with van der Waals surface area (Å²) >= 11 is 0. The zero-order chi connectivity index (χ0) is 11.3. The standard InChI is InChI=1S/C13H26N2/c1-12(2)7-10-14-11-13(15(3)4)8-5-6-9-13/h7,14H,5-6,8-11H2,1-4H3. The molecule has 1 fully saturated rings. The van der Waals surface area contributed by atoms with Crippen molar-refractivity contribution in [3.05, 3.63) is 11.6 Å². The topological polar surface area (TPSA) is 15.3 Å². The summed E-state index contributed by atoms with van der Waals surface area (Å²) in [6.45, 7) is 6.44. The number of allylic oxidation sites excluding steroid dienone is 1. The first-order valence-corrected chi connectivity index (χ1v) is 6.08. The van der Waals surface area contributed by atoms with Gasteiger partial charge in [0.2, 0.25) is 0 Å². The van der Waals surface area contributed by atoms with Crippen molar-refractivity contribution in [2.24, 2.45) is 0 Å². The molecule has 0 heterocycles. The highest BCUT2D eigenvalue weighted by Gasteiger charge is 2.35. The zero-order valence-corrected chi connectivity index (χ0v) is 10.8. The Kier molecular flexibility index (Phi) is 4.81. The molecule has 0 unspecified atom stereocenters. The first kappa shape index (κ1) is 12.7. The highest BCUT2D eigenvalue weighted by Crippen LogP contribution is 2.32. The fourth-order valence-electron chi connectivity index (χ4n) is 2.40. The van der Waals surface area contributed by atoms with Gasteiger partial charge >= 0.3 is 0 Å². The minimum absolute atomic E-state index is 0.426. The SMILES string of the molecule is CC(C)=CCNCC1(N(C)C)CCCC1. The summed E-state index contributed by atoms with van der Waals surface area (Å²) in [5.41, 5.74) is 1.82. The van der Waals surface area contributed by atoms with E-state index in [2.05, 4.69) is 44.2 Å². The zero-order valence-electron chi connectivity index (χ0n) is 10.8. The minimum Gasteiger partial charge on any atom is -0.311 e. The highest BCUT2D eigenvalue weighted by atomic mass is 15.2. The molecular formula is C13H26N2. The predicted molar refractivity (Wildman–Crippen MR) is 67.2 cm³/mol. The van der Waals surface area contributed by atoms with E-state index in [1.807, 2.05) is 0 Å². The normalized spacial score (nSPS) is 19.5. The van der Waals surface area contributed by atoms with Gasteiger partial charge in [-0.3, -0.25) is 0 Å². The van der Waals surface area contributed by atoms with Crippen LogP contribution in [0, 0.1) is 0 Å². The minimum atomic E-state index is 0.426. The number of nitrogens with zero attached hydrogens (tertiary/aromatic N) is 1. The first-order chi connectivity index (χ1) is 7.07. The molecule has 0 aromatic carbocycles. The average molecular weight is 210 g/mol. The van der Waals surface area contributed by atoms with Crippen LogP contribution in [0.3, 0.4) is 0 Å². The molecule has 88 valence electrons. The van der Waals surface area contributed by atoms with Crippen LogP contribution >= 0.6 is 0 Å². The van der Waals surface area contributed by atoms with Gasteiger partial charge in [-0.25, -0.2) is 0 Å². The molecule has 1 rings (SSSR count). The number of hydrogen-bond donors (Lipinski definition) is 1. The van der Waals surface area contributed by atoms with Gasteiger partial charge in [0.05, 0.1) is 0 Å². The van der Waals surface area contributed by atoms with Crippen molar-refractivity contribution in [3.63, 3.8) is 0 Å². The summed E-state index contributed by atoms with van der Waals surface area (Å²) in [7, 11) is 4.43. The van der Waals surface area contributed by atoms with Gasteiger partial charge in [0.15, 0.2) is 0 Å². The quantitative estimate of drug-likeness (QED) is 0.554. The second-order valence-corrected chi connectivity index (χ2v) is 5.24. The van der Waals surface area contributed by atoms with Crippen LogP contribution in [0.15, 0.2) is 11.6 Å². The van der Waals surface area contributed by atoms with Crippen LogP contribution in [0.4, 0.5) is 0 Å². The van der Waals surface area contributed by atoms with Gasteiger partial charge in [-0.2, -0.15) is 0 Å². The van der Waals surface area contributed by atoms with Gasteiger partial charge in [-0.05, 0) is 40.8 Å². The van der Waals surface area contributed by atoms with Gasteiger partial charge in [0, 0.05) is 18.6 Å². The number of nitrogens with one attached hydrogen (secondary N) is 1. The molecule has 0 aromatic rings. The third-order valence-corrected chi connectivity index (χ3v) is 3.59. The molecule has 1 saturated carbocycles. The van der Waals surface area contributed by atoms with Crippen LogP contribution in [0.2, 0.25) is 0 Å². The number of rotatable bonds is 5. The maximum absolute atomic E-state index is 3.56. The Hall–Kier alpha value is -0.340. The van der Waals surface area contributed by atoms with E-state index in [1.54, 1.807) is 0 Å². The summed E-state index contributed by atoms with van der Waals surface area (Å²) < 4.78 is 0. The first-order valence-electron chi connectivity index (χ1n) is 6.08. The van der Waals surface area contributed by atoms with Crippen LogP contribution in [0.25, 0.3) is 0 Å². The van der Waals surface area contributed by atoms with Crippen LogP contribution < -0.4 is 5.32 Å². The largest absolute Gasteiger partial charge is 0.311 e. The average Bonchev–Trinajstić information content (AvgIpc) is 2.62. The molecule has 15 heavy (non-hydrogen) atoms. The monoisotopic (exact) mass is 210 g/mol. The molecule has 1 aliphatic rings. The van der Waals surface area contributed by atoms with E-state index in [1.165, 1.54) is 31.3 Å². The molecule has 0 atom stereocenters. The molecule has 0 aliphatic heterocycles. The fourth-order valence-corrected chi connectivity index (χ4v) is 2.40. The third-order valence-electron chi connectivity index (χ3n) is 3.59. The Labute approximate surface area is 94.7 Å². The lowest BCUT2D eigenvalue weighted by molar-refractivity contribution is 0.155. The molecular weight excluding hydrogens is 184 g/mol. The van der Waals surface area contributed by atoms with Gasteiger partial charge < -0.3 is 10.2 Å². The smallest absolute Gasteiger partial charge is 0.0328 e. The second kappa shape index (κ2) is 5.66. The molecule has 1 N–H and O–H groups in total. The van der Waals surface area contributed by atoms with Gasteiger partial charge in [-0.15, -0.1) is 0 Å². The Bertz CT molecular complexity index is 209. The van der Waals surface area contributed by atoms with Crippen LogP contribution in [-0.4, -0.2) is 37.6 Å². The predicted octanol–water partition coefficient (Wildman–Crippen LogP) is 2.42. The van der Waals surface area contributed by atoms with Crippen molar-refractivity contribution < 1.29 is 0 Å². The highest BCUT2D eigenvalue weighted by molar-refractivity contribution is 4.98. The fraction of sp³-hybridized carbons (Fsp3) is 0.846. The van der Waals surface area contributed by atoms with Crippen LogP contribution in [-0.2, 0) is 0 Å². The number of likely N-dealkylation sites (N-methyl/N-ethyl adjacent to an activating group) is 1. The van der Waals surface area contributed by atoms with Crippen molar-refractivity contribution in [2.75, 3.05) is 27.2 Å². The maximum atomic E-state index is 3.56. The molecule has 2 nitrogen and oxygen atoms in total. The number of hydrogen-bond acceptors (Lipinski definition) is 2. The van der Waals surface area contributed by atoms with E-state index in [4.69, 9.17) is 0 Å². The van der Waals surface area contributed by atoms with E-state index < -0.39 is 0 Å². The van der Waals surface area contributed by atoms with Crippen LogP contribution in [0.5, 0.6) is 0 Å². The third kappa shape index (κ3) is 3.62. The summed E-state index contributed by atoms with van der Waals surface area (Å²) in [6, 6.07) is 0. The molecule has 0 saturated heterocycles. The Balaban J connectivity index is 2.36. The lowest BCUT2D eigenvalue weighted by Gasteiger charge is -2.36. The van der Waals surface area contributed by atoms with Crippen molar-refractivity contribution in [2.45, 2.75) is 45.1 Å². The summed E-state index contributed by atoms with van der Waals surface area (Å²) in [4.78, 5) is 2.41. The summed E-state index contributed by atoms with van der Waals surface area (Å²) in [5, 5.41) is 3.56. The summed E-state index contributed by atoms with van der Waals surface area (Å²) in [6.07, 6.45) is 7.74. The molecule has 0 radical (unpaired) electrons. The van der Waals surface area contributed by atoms with E-state index in [-0.39, 0.29) is 0 Å². The van der Waals surface area contributed by atoms with Crippen molar-refractivity contribution >= 4 is 0 Å². The molecule has 0 aromatic heterocycles.